The van der Waals surface area contributed by atoms with Crippen LogP contribution in [0.15, 0.2) is 72.9 Å². The van der Waals surface area contributed by atoms with Crippen LogP contribution in [-0.4, -0.2) is 26.1 Å². The molecule has 4 rings (SSSR count). The maximum absolute atomic E-state index is 14.1. The van der Waals surface area contributed by atoms with E-state index in [0.717, 1.165) is 6.20 Å². The van der Waals surface area contributed by atoms with E-state index in [-0.39, 0.29) is 45.9 Å². The summed E-state index contributed by atoms with van der Waals surface area (Å²) >= 11 is 0. The van der Waals surface area contributed by atoms with Gasteiger partial charge in [-0.3, -0.25) is 25.5 Å². The topological polar surface area (TPSA) is 200 Å². The van der Waals surface area contributed by atoms with Gasteiger partial charge in [-0.15, -0.1) is 0 Å². The summed E-state index contributed by atoms with van der Waals surface area (Å²) in [6.45, 7) is 0. The van der Waals surface area contributed by atoms with Gasteiger partial charge in [0, 0.05) is 29.2 Å². The Morgan fingerprint density at radius 3 is 1.77 bits per heavy atom. The minimum Gasteiger partial charge on any atom is -0.393 e. The Hall–Kier alpha value is -5.74. The molecule has 0 aliphatic rings. The van der Waals surface area contributed by atoms with E-state index in [2.05, 4.69) is 20.6 Å². The smallest absolute Gasteiger partial charge is 0.393 e. The number of nitrogens with two attached hydrogens (primary N) is 2. The molecule has 0 saturated heterocycles. The Morgan fingerprint density at radius 1 is 0.775 bits per heavy atom. The molecule has 1 heterocycles. The van der Waals surface area contributed by atoms with Gasteiger partial charge in [-0.1, -0.05) is 18.2 Å². The van der Waals surface area contributed by atoms with Crippen LogP contribution in [0, 0.1) is 26.0 Å². The number of hydrogen-bond donors (Lipinski definition) is 5. The summed E-state index contributed by atoms with van der Waals surface area (Å²) in [5.41, 5.74) is 11.2. The van der Waals surface area contributed by atoms with E-state index >= 15 is 0 Å². The normalized spacial score (nSPS) is 10.6. The number of nitrogen functional groups attached to an aromatic ring is 2. The molecule has 40 heavy (non-hydrogen) atoms. The quantitative estimate of drug-likeness (QED) is 0.0609. The van der Waals surface area contributed by atoms with E-state index in [0.29, 0.717) is 5.69 Å². The molecule has 0 bridgehead atoms. The third-order valence-electron chi connectivity index (χ3n) is 4.77. The summed E-state index contributed by atoms with van der Waals surface area (Å²) in [5, 5.41) is 28.4. The zero-order valence-electron chi connectivity index (χ0n) is 20.0. The lowest BCUT2D eigenvalue weighted by molar-refractivity contribution is -0.384. The highest BCUT2D eigenvalue weighted by Crippen LogP contribution is 2.29. The molecule has 4 aromatic rings. The summed E-state index contributed by atoms with van der Waals surface area (Å²) in [4.78, 5) is 28.1. The number of para-hydroxylation sites is 1. The van der Waals surface area contributed by atoms with Gasteiger partial charge in [-0.05, 0) is 36.4 Å². The summed E-state index contributed by atoms with van der Waals surface area (Å²) in [6.07, 6.45) is -3.44. The lowest BCUT2D eigenvalue weighted by atomic mass is 10.2. The van der Waals surface area contributed by atoms with Gasteiger partial charge >= 0.3 is 6.30 Å². The number of aromatic nitrogens is 2. The fourth-order valence-corrected chi connectivity index (χ4v) is 3.06. The number of rotatable bonds is 7. The Kier molecular flexibility index (Phi) is 8.79. The molecular formula is C23H19F4N9O4. The van der Waals surface area contributed by atoms with Crippen molar-refractivity contribution in [3.05, 3.63) is 99.0 Å². The molecule has 1 aromatic heterocycles. The summed E-state index contributed by atoms with van der Waals surface area (Å²) in [5.74, 6) is -1.02. The molecule has 0 aliphatic carbocycles. The molecule has 7 N–H and O–H groups in total. The van der Waals surface area contributed by atoms with Gasteiger partial charge < -0.3 is 22.1 Å². The number of halogens is 4. The van der Waals surface area contributed by atoms with Crippen LogP contribution in [0.2, 0.25) is 0 Å². The van der Waals surface area contributed by atoms with Crippen LogP contribution < -0.4 is 27.4 Å². The minimum atomic E-state index is -4.35. The molecule has 0 unspecified atom stereocenters. The van der Waals surface area contributed by atoms with Gasteiger partial charge in [-0.2, -0.15) is 18.2 Å². The maximum atomic E-state index is 14.1. The number of nitro groups is 2. The molecule has 17 heteroatoms. The first-order valence-corrected chi connectivity index (χ1v) is 10.9. The zero-order chi connectivity index (χ0) is 29.4. The average molecular weight is 561 g/mol. The Balaban J connectivity index is 0.000000336. The van der Waals surface area contributed by atoms with Gasteiger partial charge in [0.25, 0.3) is 11.4 Å². The fraction of sp³-hybridized carbons (Fsp3) is 0.0435. The second-order valence-electron chi connectivity index (χ2n) is 7.69. The number of hydrogen-bond acceptors (Lipinski definition) is 11. The van der Waals surface area contributed by atoms with E-state index < -0.39 is 22.0 Å². The number of alkyl halides is 3. The Morgan fingerprint density at radius 2 is 1.30 bits per heavy atom. The molecule has 13 nitrogen and oxygen atoms in total. The SMILES string of the molecule is FC(F)(F)Nc1ccccc1.Nc1cc(Nc2ncc(F)c(Nc3ccc([N+](=O)[O-])c(N)c3)n2)ccc1[N+](=O)[O-]. The zero-order valence-corrected chi connectivity index (χ0v) is 20.0. The lowest BCUT2D eigenvalue weighted by Crippen LogP contribution is -2.20. The number of nitrogens with zero attached hydrogens (tertiary/aromatic N) is 4. The minimum absolute atomic E-state index is 0.0166. The number of nitro benzene ring substituents is 2. The van der Waals surface area contributed by atoms with Crippen LogP contribution >= 0.6 is 0 Å². The van der Waals surface area contributed by atoms with Crippen LogP contribution in [-0.2, 0) is 0 Å². The van der Waals surface area contributed by atoms with Crippen molar-refractivity contribution in [1.29, 1.82) is 0 Å². The molecule has 208 valence electrons. The summed E-state index contributed by atoms with van der Waals surface area (Å²) < 4.78 is 48.9. The van der Waals surface area contributed by atoms with Crippen molar-refractivity contribution in [3.8, 4) is 0 Å². The summed E-state index contributed by atoms with van der Waals surface area (Å²) in [7, 11) is 0. The Labute approximate surface area is 222 Å². The van der Waals surface area contributed by atoms with Crippen molar-refractivity contribution in [2.24, 2.45) is 0 Å². The number of nitrogens with one attached hydrogen (secondary N) is 3. The van der Waals surface area contributed by atoms with Crippen molar-refractivity contribution in [3.63, 3.8) is 0 Å². The molecule has 0 amide bonds. The van der Waals surface area contributed by atoms with Crippen molar-refractivity contribution in [2.75, 3.05) is 27.4 Å². The number of benzene rings is 3. The van der Waals surface area contributed by atoms with E-state index in [1.165, 1.54) is 66.0 Å². The molecule has 0 atom stereocenters. The molecule has 0 spiro atoms. The summed E-state index contributed by atoms with van der Waals surface area (Å²) in [6, 6.07) is 15.1. The van der Waals surface area contributed by atoms with Crippen molar-refractivity contribution < 1.29 is 27.4 Å². The van der Waals surface area contributed by atoms with Gasteiger partial charge in [0.2, 0.25) is 5.95 Å². The predicted octanol–water partition coefficient (Wildman–Crippen LogP) is 5.70. The van der Waals surface area contributed by atoms with Crippen molar-refractivity contribution >= 4 is 51.6 Å². The highest BCUT2D eigenvalue weighted by atomic mass is 19.4. The molecule has 0 radical (unpaired) electrons. The van der Waals surface area contributed by atoms with Crippen LogP contribution in [0.3, 0.4) is 0 Å². The monoisotopic (exact) mass is 561 g/mol. The maximum Gasteiger partial charge on any atom is 0.482 e. The highest BCUT2D eigenvalue weighted by molar-refractivity contribution is 5.70. The fourth-order valence-electron chi connectivity index (χ4n) is 3.06. The van der Waals surface area contributed by atoms with E-state index in [9.17, 15) is 37.8 Å². The van der Waals surface area contributed by atoms with E-state index in [1.807, 2.05) is 0 Å². The lowest BCUT2D eigenvalue weighted by Gasteiger charge is -2.10. The standard InChI is InChI=1S/C16H13FN8O4.C7H6F3N/c17-10-7-20-16(22-9-2-4-14(25(28)29)12(19)6-9)23-15(10)21-8-1-3-13(24(26)27)11(18)5-8;8-7(9,10)11-6-4-2-1-3-5-6/h1-7H,18-19H2,(H2,20,21,22,23);1-5,11H. The van der Waals surface area contributed by atoms with Crippen LogP contribution in [0.5, 0.6) is 0 Å². The predicted molar refractivity (Wildman–Crippen MR) is 140 cm³/mol. The van der Waals surface area contributed by atoms with Crippen LogP contribution in [0.25, 0.3) is 0 Å². The van der Waals surface area contributed by atoms with E-state index in [1.54, 1.807) is 6.07 Å². The first kappa shape index (κ1) is 28.8. The van der Waals surface area contributed by atoms with E-state index in [4.69, 9.17) is 11.5 Å². The van der Waals surface area contributed by atoms with Gasteiger partial charge in [-0.25, -0.2) is 9.37 Å². The molecule has 0 fully saturated rings. The highest BCUT2D eigenvalue weighted by Gasteiger charge is 2.26. The van der Waals surface area contributed by atoms with Gasteiger partial charge in [0.15, 0.2) is 11.6 Å². The second-order valence-corrected chi connectivity index (χ2v) is 7.69. The first-order chi connectivity index (χ1) is 18.8. The van der Waals surface area contributed by atoms with Crippen LogP contribution in [0.4, 0.5) is 69.1 Å². The number of anilines is 7. The molecule has 3 aromatic carbocycles. The molecule has 0 saturated carbocycles. The van der Waals surface area contributed by atoms with Crippen molar-refractivity contribution in [1.82, 2.24) is 9.97 Å². The second kappa shape index (κ2) is 12.2. The van der Waals surface area contributed by atoms with Gasteiger partial charge in [0.05, 0.1) is 16.0 Å². The van der Waals surface area contributed by atoms with Crippen LogP contribution in [0.1, 0.15) is 0 Å². The third-order valence-corrected chi connectivity index (χ3v) is 4.77. The molecular weight excluding hydrogens is 542 g/mol. The van der Waals surface area contributed by atoms with Crippen molar-refractivity contribution in [2.45, 2.75) is 6.30 Å². The largest absolute Gasteiger partial charge is 0.482 e. The third kappa shape index (κ3) is 8.13. The van der Waals surface area contributed by atoms with Gasteiger partial charge in [0.1, 0.15) is 11.4 Å². The first-order valence-electron chi connectivity index (χ1n) is 10.9. The molecule has 0 aliphatic heterocycles. The Bertz CT molecular complexity index is 1520. The average Bonchev–Trinajstić information content (AvgIpc) is 2.86.